The first-order chi connectivity index (χ1) is 9.42. The fraction of sp³-hybridized carbons (Fsp3) is 0.533. The maximum absolute atomic E-state index is 12.1. The average molecular weight is 363 g/mol. The van der Waals surface area contributed by atoms with Crippen LogP contribution in [-0.4, -0.2) is 18.6 Å². The van der Waals surface area contributed by atoms with Crippen molar-refractivity contribution < 1.29 is 9.53 Å². The van der Waals surface area contributed by atoms with Gasteiger partial charge in [0.15, 0.2) is 0 Å². The van der Waals surface area contributed by atoms with E-state index in [9.17, 15) is 4.79 Å². The largest absolute Gasteiger partial charge is 0.467 e. The van der Waals surface area contributed by atoms with E-state index in [4.69, 9.17) is 16.3 Å². The molecule has 20 heavy (non-hydrogen) atoms. The highest BCUT2D eigenvalue weighted by Crippen LogP contribution is 2.29. The lowest BCUT2D eigenvalue weighted by molar-refractivity contribution is -0.145. The highest BCUT2D eigenvalue weighted by molar-refractivity contribution is 9.10. The number of carbonyl (C=O) groups is 1. The SMILES string of the molecule is CCCCCC(C)(Nc1ccc(Cl)c(Br)c1)C(=O)OC. The number of unbranched alkanes of at least 4 members (excludes halogenated alkanes) is 2. The van der Waals surface area contributed by atoms with Crippen LogP contribution in [0.5, 0.6) is 0 Å². The van der Waals surface area contributed by atoms with Crippen LogP contribution in [0.3, 0.4) is 0 Å². The first-order valence-corrected chi connectivity index (χ1v) is 7.91. The van der Waals surface area contributed by atoms with Gasteiger partial charge in [-0.05, 0) is 47.5 Å². The Morgan fingerprint density at radius 2 is 2.15 bits per heavy atom. The molecule has 1 N–H and O–H groups in total. The molecule has 0 aliphatic carbocycles. The Labute approximate surface area is 134 Å². The summed E-state index contributed by atoms with van der Waals surface area (Å²) in [5.74, 6) is -0.250. The number of ether oxygens (including phenoxy) is 1. The number of esters is 1. The molecule has 3 nitrogen and oxygen atoms in total. The van der Waals surface area contributed by atoms with E-state index in [-0.39, 0.29) is 5.97 Å². The highest BCUT2D eigenvalue weighted by Gasteiger charge is 2.33. The van der Waals surface area contributed by atoms with Crippen molar-refractivity contribution >= 4 is 39.2 Å². The lowest BCUT2D eigenvalue weighted by Crippen LogP contribution is -2.44. The van der Waals surface area contributed by atoms with Crippen LogP contribution >= 0.6 is 27.5 Å². The Kier molecular flexibility index (Phi) is 6.83. The van der Waals surface area contributed by atoms with Gasteiger partial charge in [-0.15, -0.1) is 0 Å². The zero-order chi connectivity index (χ0) is 15.2. The standard InChI is InChI=1S/C15H21BrClNO2/c1-4-5-6-9-15(2,14(19)20-3)18-11-7-8-13(17)12(16)10-11/h7-8,10,18H,4-6,9H2,1-3H3. The molecule has 112 valence electrons. The van der Waals surface area contributed by atoms with Crippen molar-refractivity contribution in [1.29, 1.82) is 0 Å². The Morgan fingerprint density at radius 1 is 1.45 bits per heavy atom. The molecule has 0 amide bonds. The molecule has 1 rings (SSSR count). The lowest BCUT2D eigenvalue weighted by Gasteiger charge is -2.29. The number of halogens is 2. The van der Waals surface area contributed by atoms with Crippen LogP contribution in [-0.2, 0) is 9.53 Å². The number of carbonyl (C=O) groups excluding carboxylic acids is 1. The second-order valence-electron chi connectivity index (χ2n) is 5.03. The summed E-state index contributed by atoms with van der Waals surface area (Å²) < 4.78 is 5.73. The van der Waals surface area contributed by atoms with Gasteiger partial charge in [-0.2, -0.15) is 0 Å². The van der Waals surface area contributed by atoms with E-state index in [2.05, 4.69) is 28.2 Å². The fourth-order valence-corrected chi connectivity index (χ4v) is 2.56. The third-order valence-corrected chi connectivity index (χ3v) is 4.47. The predicted molar refractivity (Wildman–Crippen MR) is 87.3 cm³/mol. The van der Waals surface area contributed by atoms with Gasteiger partial charge in [-0.1, -0.05) is 37.8 Å². The minimum Gasteiger partial charge on any atom is -0.467 e. The third kappa shape index (κ3) is 4.67. The van der Waals surface area contributed by atoms with Gasteiger partial charge in [-0.3, -0.25) is 0 Å². The molecule has 0 radical (unpaired) electrons. The first-order valence-electron chi connectivity index (χ1n) is 6.74. The number of hydrogen-bond donors (Lipinski definition) is 1. The third-order valence-electron chi connectivity index (χ3n) is 3.26. The number of anilines is 1. The topological polar surface area (TPSA) is 38.3 Å². The number of methoxy groups -OCH3 is 1. The van der Waals surface area contributed by atoms with Crippen molar-refractivity contribution in [2.75, 3.05) is 12.4 Å². The summed E-state index contributed by atoms with van der Waals surface area (Å²) in [7, 11) is 1.42. The highest BCUT2D eigenvalue weighted by atomic mass is 79.9. The van der Waals surface area contributed by atoms with Gasteiger partial charge in [-0.25, -0.2) is 4.79 Å². The molecule has 0 heterocycles. The minimum atomic E-state index is -0.725. The second-order valence-corrected chi connectivity index (χ2v) is 6.30. The summed E-state index contributed by atoms with van der Waals surface area (Å²) in [5.41, 5.74) is 0.114. The van der Waals surface area contributed by atoms with E-state index in [1.54, 1.807) is 6.07 Å². The molecular weight excluding hydrogens is 342 g/mol. The van der Waals surface area contributed by atoms with Gasteiger partial charge in [0.2, 0.25) is 0 Å². The monoisotopic (exact) mass is 361 g/mol. The minimum absolute atomic E-state index is 0.250. The number of benzene rings is 1. The number of rotatable bonds is 7. The molecule has 0 aromatic heterocycles. The van der Waals surface area contributed by atoms with Crippen LogP contribution in [0.1, 0.15) is 39.5 Å². The molecule has 0 aliphatic heterocycles. The van der Waals surface area contributed by atoms with Gasteiger partial charge in [0.25, 0.3) is 0 Å². The second kappa shape index (κ2) is 7.89. The normalized spacial score (nSPS) is 13.7. The van der Waals surface area contributed by atoms with Crippen molar-refractivity contribution in [2.24, 2.45) is 0 Å². The van der Waals surface area contributed by atoms with E-state index in [0.717, 1.165) is 35.8 Å². The van der Waals surface area contributed by atoms with Crippen LogP contribution in [0.15, 0.2) is 22.7 Å². The van der Waals surface area contributed by atoms with Crippen LogP contribution in [0, 0.1) is 0 Å². The van der Waals surface area contributed by atoms with Crippen LogP contribution in [0.4, 0.5) is 5.69 Å². The van der Waals surface area contributed by atoms with E-state index in [0.29, 0.717) is 5.02 Å². The quantitative estimate of drug-likeness (QED) is 0.546. The molecule has 1 unspecified atom stereocenters. The molecule has 1 aromatic carbocycles. The molecule has 0 spiro atoms. The maximum Gasteiger partial charge on any atom is 0.331 e. The lowest BCUT2D eigenvalue weighted by atomic mass is 9.94. The van der Waals surface area contributed by atoms with Crippen LogP contribution in [0.25, 0.3) is 0 Å². The van der Waals surface area contributed by atoms with E-state index in [1.165, 1.54) is 7.11 Å². The van der Waals surface area contributed by atoms with E-state index < -0.39 is 5.54 Å². The van der Waals surface area contributed by atoms with Crippen molar-refractivity contribution in [2.45, 2.75) is 45.1 Å². The van der Waals surface area contributed by atoms with Gasteiger partial charge in [0.1, 0.15) is 5.54 Å². The number of hydrogen-bond acceptors (Lipinski definition) is 3. The maximum atomic E-state index is 12.1. The molecular formula is C15H21BrClNO2. The summed E-state index contributed by atoms with van der Waals surface area (Å²) in [6.45, 7) is 4.01. The summed E-state index contributed by atoms with van der Waals surface area (Å²) in [5, 5.41) is 3.91. The van der Waals surface area contributed by atoms with Crippen molar-refractivity contribution in [3.8, 4) is 0 Å². The molecule has 0 saturated carbocycles. The summed E-state index contributed by atoms with van der Waals surface area (Å²) in [4.78, 5) is 12.1. The average Bonchev–Trinajstić information content (AvgIpc) is 2.42. The Bertz CT molecular complexity index is 467. The summed E-state index contributed by atoms with van der Waals surface area (Å²) in [6, 6.07) is 5.51. The van der Waals surface area contributed by atoms with E-state index >= 15 is 0 Å². The Morgan fingerprint density at radius 3 is 2.70 bits per heavy atom. The summed E-state index contributed by atoms with van der Waals surface area (Å²) in [6.07, 6.45) is 3.92. The van der Waals surface area contributed by atoms with Crippen LogP contribution in [0.2, 0.25) is 5.02 Å². The molecule has 1 atom stereocenters. The van der Waals surface area contributed by atoms with Gasteiger partial charge >= 0.3 is 5.97 Å². The summed E-state index contributed by atoms with van der Waals surface area (Å²) >= 11 is 9.36. The Hall–Kier alpha value is -0.740. The van der Waals surface area contributed by atoms with Crippen molar-refractivity contribution in [3.63, 3.8) is 0 Å². The first kappa shape index (κ1) is 17.3. The smallest absolute Gasteiger partial charge is 0.331 e. The van der Waals surface area contributed by atoms with Gasteiger partial charge in [0.05, 0.1) is 12.1 Å². The fourth-order valence-electron chi connectivity index (χ4n) is 2.06. The predicted octanol–water partition coefficient (Wildman–Crippen LogP) is 5.03. The number of nitrogens with one attached hydrogen (secondary N) is 1. The molecule has 5 heteroatoms. The zero-order valence-electron chi connectivity index (χ0n) is 12.1. The zero-order valence-corrected chi connectivity index (χ0v) is 14.5. The molecule has 0 bridgehead atoms. The molecule has 0 saturated heterocycles. The van der Waals surface area contributed by atoms with Crippen molar-refractivity contribution in [1.82, 2.24) is 0 Å². The Balaban J connectivity index is 2.87. The van der Waals surface area contributed by atoms with E-state index in [1.807, 2.05) is 19.1 Å². The van der Waals surface area contributed by atoms with Crippen LogP contribution < -0.4 is 5.32 Å². The molecule has 0 fully saturated rings. The van der Waals surface area contributed by atoms with Crippen molar-refractivity contribution in [3.05, 3.63) is 27.7 Å². The van der Waals surface area contributed by atoms with Gasteiger partial charge in [0, 0.05) is 10.2 Å². The molecule has 0 aliphatic rings. The van der Waals surface area contributed by atoms with Gasteiger partial charge < -0.3 is 10.1 Å². The molecule has 1 aromatic rings.